The molecule has 2 heterocycles. The number of carbonyl (C=O) groups is 1. The Balaban J connectivity index is 1.49. The third-order valence-corrected chi connectivity index (χ3v) is 5.31. The maximum atomic E-state index is 13.2. The van der Waals surface area contributed by atoms with E-state index in [2.05, 4.69) is 20.6 Å². The summed E-state index contributed by atoms with van der Waals surface area (Å²) in [4.78, 5) is 12.5. The van der Waals surface area contributed by atoms with Gasteiger partial charge in [-0.25, -0.2) is 4.39 Å². The van der Waals surface area contributed by atoms with Crippen molar-refractivity contribution in [1.29, 1.82) is 0 Å². The highest BCUT2D eigenvalue weighted by atomic mass is 32.2. The highest BCUT2D eigenvalue weighted by molar-refractivity contribution is 7.99. The average Bonchev–Trinajstić information content (AvgIpc) is 3.20. The summed E-state index contributed by atoms with van der Waals surface area (Å²) in [5.74, 6) is 0.651. The number of halogens is 1. The molecule has 0 fully saturated rings. The van der Waals surface area contributed by atoms with Crippen molar-refractivity contribution >= 4 is 29.0 Å². The molecule has 158 valence electrons. The van der Waals surface area contributed by atoms with Crippen molar-refractivity contribution in [3.8, 4) is 22.8 Å². The first kappa shape index (κ1) is 20.6. The van der Waals surface area contributed by atoms with Gasteiger partial charge in [0.25, 0.3) is 0 Å². The van der Waals surface area contributed by atoms with Crippen molar-refractivity contribution in [3.63, 3.8) is 0 Å². The van der Waals surface area contributed by atoms with Gasteiger partial charge in [-0.1, -0.05) is 11.8 Å². The van der Waals surface area contributed by atoms with E-state index in [1.807, 2.05) is 0 Å². The number of nitrogens with zero attached hydrogens (tertiary/aromatic N) is 4. The standard InChI is InChI=1S/C21H18FN5O3S/c1-29-15-7-9-18(30-2)17(11-15)23-20(28)12-31-21-25-24-19-10-8-16(26-27(19)21)13-3-5-14(22)6-4-13/h3-11H,12H2,1-2H3,(H,23,28). The zero-order valence-corrected chi connectivity index (χ0v) is 17.5. The van der Waals surface area contributed by atoms with Crippen molar-refractivity contribution < 1.29 is 18.7 Å². The van der Waals surface area contributed by atoms with Crippen molar-refractivity contribution in [3.05, 3.63) is 60.4 Å². The van der Waals surface area contributed by atoms with Crippen LogP contribution in [0, 0.1) is 5.82 Å². The van der Waals surface area contributed by atoms with Gasteiger partial charge in [0, 0.05) is 11.6 Å². The molecule has 10 heteroatoms. The highest BCUT2D eigenvalue weighted by Gasteiger charge is 2.14. The van der Waals surface area contributed by atoms with Gasteiger partial charge in [-0.15, -0.1) is 10.2 Å². The molecular weight excluding hydrogens is 421 g/mol. The van der Waals surface area contributed by atoms with Crippen LogP contribution in [0.5, 0.6) is 11.5 Å². The summed E-state index contributed by atoms with van der Waals surface area (Å²) >= 11 is 1.20. The lowest BCUT2D eigenvalue weighted by Crippen LogP contribution is -2.15. The summed E-state index contributed by atoms with van der Waals surface area (Å²) in [6, 6.07) is 14.7. The van der Waals surface area contributed by atoms with Crippen LogP contribution in [0.1, 0.15) is 0 Å². The Labute approximate surface area is 181 Å². The number of thioether (sulfide) groups is 1. The van der Waals surface area contributed by atoms with E-state index in [0.29, 0.717) is 33.7 Å². The van der Waals surface area contributed by atoms with Crippen LogP contribution in [-0.2, 0) is 4.79 Å². The molecule has 2 aromatic carbocycles. The number of benzene rings is 2. The van der Waals surface area contributed by atoms with Gasteiger partial charge >= 0.3 is 0 Å². The fraction of sp³-hybridized carbons (Fsp3) is 0.143. The number of anilines is 1. The Bertz CT molecular complexity index is 1230. The second-order valence-electron chi connectivity index (χ2n) is 6.38. The summed E-state index contributed by atoms with van der Waals surface area (Å²) in [7, 11) is 3.08. The van der Waals surface area contributed by atoms with E-state index < -0.39 is 0 Å². The van der Waals surface area contributed by atoms with Gasteiger partial charge in [0.1, 0.15) is 17.3 Å². The highest BCUT2D eigenvalue weighted by Crippen LogP contribution is 2.29. The SMILES string of the molecule is COc1ccc(OC)c(NC(=O)CSc2nnc3ccc(-c4ccc(F)cc4)nn23)c1. The topological polar surface area (TPSA) is 90.6 Å². The monoisotopic (exact) mass is 439 g/mol. The lowest BCUT2D eigenvalue weighted by atomic mass is 10.1. The van der Waals surface area contributed by atoms with Crippen LogP contribution in [0.2, 0.25) is 0 Å². The molecule has 0 atom stereocenters. The van der Waals surface area contributed by atoms with Gasteiger partial charge in [0.15, 0.2) is 5.65 Å². The Morgan fingerprint density at radius 1 is 1.06 bits per heavy atom. The normalized spacial score (nSPS) is 10.8. The molecule has 8 nitrogen and oxygen atoms in total. The maximum absolute atomic E-state index is 13.2. The predicted octanol–water partition coefficient (Wildman–Crippen LogP) is 3.68. The number of hydrogen-bond acceptors (Lipinski definition) is 7. The predicted molar refractivity (Wildman–Crippen MR) is 115 cm³/mol. The first-order valence-electron chi connectivity index (χ1n) is 9.20. The van der Waals surface area contributed by atoms with Crippen LogP contribution >= 0.6 is 11.8 Å². The summed E-state index contributed by atoms with van der Waals surface area (Å²) in [6.07, 6.45) is 0. The van der Waals surface area contributed by atoms with Gasteiger partial charge in [0.05, 0.1) is 31.4 Å². The molecule has 0 aliphatic heterocycles. The second-order valence-corrected chi connectivity index (χ2v) is 7.32. The molecule has 4 aromatic rings. The number of hydrogen-bond donors (Lipinski definition) is 1. The molecule has 2 aromatic heterocycles. The van der Waals surface area contributed by atoms with Crippen LogP contribution < -0.4 is 14.8 Å². The van der Waals surface area contributed by atoms with Gasteiger partial charge in [-0.05, 0) is 48.5 Å². The van der Waals surface area contributed by atoms with Crippen LogP contribution in [0.15, 0.2) is 59.8 Å². The van der Waals surface area contributed by atoms with E-state index >= 15 is 0 Å². The molecule has 0 aliphatic rings. The van der Waals surface area contributed by atoms with Gasteiger partial charge in [0.2, 0.25) is 11.1 Å². The van der Waals surface area contributed by atoms with Gasteiger partial charge < -0.3 is 14.8 Å². The molecule has 1 N–H and O–H groups in total. The number of rotatable bonds is 7. The van der Waals surface area contributed by atoms with Crippen molar-refractivity contribution in [2.24, 2.45) is 0 Å². The largest absolute Gasteiger partial charge is 0.497 e. The Morgan fingerprint density at radius 2 is 1.87 bits per heavy atom. The lowest BCUT2D eigenvalue weighted by Gasteiger charge is -2.11. The summed E-state index contributed by atoms with van der Waals surface area (Å²) in [6.45, 7) is 0. The Kier molecular flexibility index (Phi) is 5.99. The third-order valence-electron chi connectivity index (χ3n) is 4.39. The molecule has 0 bridgehead atoms. The van der Waals surface area contributed by atoms with Crippen molar-refractivity contribution in [2.45, 2.75) is 5.16 Å². The van der Waals surface area contributed by atoms with Gasteiger partial charge in [-0.3, -0.25) is 4.79 Å². The fourth-order valence-electron chi connectivity index (χ4n) is 2.86. The molecule has 0 radical (unpaired) electrons. The Morgan fingerprint density at radius 3 is 2.61 bits per heavy atom. The molecule has 0 saturated carbocycles. The second kappa shape index (κ2) is 9.00. The quantitative estimate of drug-likeness (QED) is 0.439. The first-order chi connectivity index (χ1) is 15.1. The zero-order valence-electron chi connectivity index (χ0n) is 16.7. The Hall–Kier alpha value is -3.66. The van der Waals surface area contributed by atoms with E-state index in [1.54, 1.807) is 54.1 Å². The van der Waals surface area contributed by atoms with E-state index in [-0.39, 0.29) is 17.5 Å². The van der Waals surface area contributed by atoms with Crippen LogP contribution in [0.3, 0.4) is 0 Å². The fourth-order valence-corrected chi connectivity index (χ4v) is 3.55. The summed E-state index contributed by atoms with van der Waals surface area (Å²) in [5, 5.41) is 16.0. The molecule has 1 amide bonds. The zero-order chi connectivity index (χ0) is 21.8. The number of ether oxygens (including phenoxy) is 2. The van der Waals surface area contributed by atoms with Crippen LogP contribution in [0.25, 0.3) is 16.9 Å². The number of amides is 1. The van der Waals surface area contributed by atoms with E-state index in [4.69, 9.17) is 9.47 Å². The average molecular weight is 439 g/mol. The minimum atomic E-state index is -0.316. The smallest absolute Gasteiger partial charge is 0.234 e. The minimum absolute atomic E-state index is 0.0869. The number of fused-ring (bicyclic) bond motifs is 1. The minimum Gasteiger partial charge on any atom is -0.497 e. The third kappa shape index (κ3) is 4.58. The molecule has 31 heavy (non-hydrogen) atoms. The molecule has 0 aliphatic carbocycles. The van der Waals surface area contributed by atoms with E-state index in [1.165, 1.54) is 31.0 Å². The van der Waals surface area contributed by atoms with Crippen molar-refractivity contribution in [1.82, 2.24) is 19.8 Å². The summed E-state index contributed by atoms with van der Waals surface area (Å²) in [5.41, 5.74) is 2.45. The molecule has 4 rings (SSSR count). The maximum Gasteiger partial charge on any atom is 0.234 e. The number of methoxy groups -OCH3 is 2. The number of carbonyl (C=O) groups excluding carboxylic acids is 1. The van der Waals surface area contributed by atoms with E-state index in [9.17, 15) is 9.18 Å². The van der Waals surface area contributed by atoms with Crippen molar-refractivity contribution in [2.75, 3.05) is 25.3 Å². The lowest BCUT2D eigenvalue weighted by molar-refractivity contribution is -0.113. The van der Waals surface area contributed by atoms with Crippen LogP contribution in [0.4, 0.5) is 10.1 Å². The first-order valence-corrected chi connectivity index (χ1v) is 10.2. The molecule has 0 spiro atoms. The van der Waals surface area contributed by atoms with E-state index in [0.717, 1.165) is 5.56 Å². The molecule has 0 unspecified atom stereocenters. The van der Waals surface area contributed by atoms with Crippen LogP contribution in [-0.4, -0.2) is 45.7 Å². The number of nitrogens with one attached hydrogen (secondary N) is 1. The molecular formula is C21H18FN5O3S. The van der Waals surface area contributed by atoms with Gasteiger partial charge in [-0.2, -0.15) is 9.61 Å². The summed E-state index contributed by atoms with van der Waals surface area (Å²) < 4.78 is 25.2. The molecule has 0 saturated heterocycles. The number of aromatic nitrogens is 4.